The number of aromatic nitrogens is 10. The van der Waals surface area contributed by atoms with Crippen molar-refractivity contribution in [2.75, 3.05) is 0 Å². The standard InChI is InChI=1S/2C34H23BN3O2.C33H22BN4O2/c39-35-40-27-19-20-33-29(21-27)28-13-7-8-14-32(28)38(33)26-17-15-25(16-18-26)34-36-30(23-9-3-1-4-10-23)22-31(37-34)24-11-5-2-6-12-24;39-35-40-28-15-16-34-30(22-28)29-7-1-2-10-33(29)38(34)27-13-11-23(12-14-27)24-19-25(31-8-3-5-17-36-31)21-26(20-24)32-9-4-6-18-37-32;39-34-40-26-19-20-30-28(21-26)27-13-7-8-14-29(27)38(30)25-17-15-24(16-18-25)33-36-31(22-9-3-1-4-10-22)35-32(37-33)23-11-5-2-6-12-23/h2*1-22,39H;1-21,39H. The largest absolute Gasteiger partial charge is 0.569 e. The van der Waals surface area contributed by atoms with Crippen molar-refractivity contribution < 1.29 is 29.0 Å². The molecule has 21 aromatic rings. The van der Waals surface area contributed by atoms with Gasteiger partial charge in [0, 0.05) is 106 Å². The first-order valence-electron chi connectivity index (χ1n) is 39.0. The van der Waals surface area contributed by atoms with Crippen molar-refractivity contribution in [3.63, 3.8) is 0 Å². The molecule has 0 aliphatic carbocycles. The molecule has 0 aliphatic heterocycles. The van der Waals surface area contributed by atoms with Gasteiger partial charge in [0.15, 0.2) is 23.3 Å². The van der Waals surface area contributed by atoms with Crippen LogP contribution in [-0.4, -0.2) is 86.7 Å². The normalized spacial score (nSPS) is 11.1. The summed E-state index contributed by atoms with van der Waals surface area (Å²) in [6.07, 6.45) is 3.64. The summed E-state index contributed by atoms with van der Waals surface area (Å²) in [5, 5.41) is 33.8. The van der Waals surface area contributed by atoms with Gasteiger partial charge >= 0.3 is 23.1 Å². The molecule has 0 spiro atoms. The van der Waals surface area contributed by atoms with Gasteiger partial charge < -0.3 is 42.7 Å². The summed E-state index contributed by atoms with van der Waals surface area (Å²) in [4.78, 5) is 33.6. The molecule has 120 heavy (non-hydrogen) atoms. The Balaban J connectivity index is 0.000000119. The molecule has 14 aromatic carbocycles. The average molecular weight is 1550 g/mol. The molecule has 567 valence electrons. The van der Waals surface area contributed by atoms with Crippen LogP contribution in [0.2, 0.25) is 0 Å². The molecule has 0 saturated carbocycles. The van der Waals surface area contributed by atoms with E-state index in [0.29, 0.717) is 63.6 Å². The number of para-hydroxylation sites is 3. The minimum atomic E-state index is 0.575. The van der Waals surface area contributed by atoms with Crippen LogP contribution in [0.3, 0.4) is 0 Å². The third kappa shape index (κ3) is 15.2. The fourth-order valence-corrected chi connectivity index (χ4v) is 15.6. The van der Waals surface area contributed by atoms with E-state index in [9.17, 15) is 0 Å². The Morgan fingerprint density at radius 1 is 0.200 bits per heavy atom. The minimum absolute atomic E-state index is 0.575. The van der Waals surface area contributed by atoms with Crippen LogP contribution in [0.15, 0.2) is 395 Å². The molecule has 3 radical (unpaired) electrons. The molecule has 0 aliphatic rings. The molecular formula is C101H68B3N10O6. The topological polar surface area (TPSA) is 193 Å². The number of rotatable bonds is 18. The highest BCUT2D eigenvalue weighted by atomic mass is 16.5. The summed E-state index contributed by atoms with van der Waals surface area (Å²) in [5.41, 5.74) is 23.2. The molecular weight excluding hydrogens is 1480 g/mol. The molecule has 0 fully saturated rings. The SMILES string of the molecule is O[B]Oc1ccc2c(c1)c1ccccc1n2-c1ccc(-c2cc(-c3ccccn3)cc(-c3ccccn3)c2)cc1.O[B]Oc1ccc2c(c1)c1ccccc1n2-c1ccc(-c2nc(-c3ccccc3)cc(-c3ccccc3)n2)cc1.O[B]Oc1ccc2c(c1)c1ccccc1n2-c1ccc(-c2nc(-c3ccccc3)nc(-c3ccccc3)n2)cc1. The van der Waals surface area contributed by atoms with Crippen molar-refractivity contribution in [3.8, 4) is 136 Å². The van der Waals surface area contributed by atoms with Gasteiger partial charge in [-0.15, -0.1) is 0 Å². The maximum atomic E-state index is 9.11. The molecule has 0 unspecified atom stereocenters. The van der Waals surface area contributed by atoms with Crippen molar-refractivity contribution in [2.45, 2.75) is 0 Å². The van der Waals surface area contributed by atoms with Crippen LogP contribution in [0, 0.1) is 0 Å². The van der Waals surface area contributed by atoms with Gasteiger partial charge in [0.1, 0.15) is 17.2 Å². The Bertz CT molecular complexity index is 6380. The van der Waals surface area contributed by atoms with Crippen LogP contribution in [-0.2, 0) is 0 Å². The lowest BCUT2D eigenvalue weighted by Crippen LogP contribution is -2.00. The number of fused-ring (bicyclic) bond motifs is 9. The van der Waals surface area contributed by atoms with E-state index in [-0.39, 0.29) is 0 Å². The third-order valence-electron chi connectivity index (χ3n) is 21.1. The smallest absolute Gasteiger partial charge is 0.537 e. The van der Waals surface area contributed by atoms with Crippen LogP contribution < -0.4 is 14.0 Å². The molecule has 0 bridgehead atoms. The van der Waals surface area contributed by atoms with E-state index >= 15 is 0 Å². The zero-order valence-corrected chi connectivity index (χ0v) is 64.3. The van der Waals surface area contributed by atoms with E-state index < -0.39 is 0 Å². The Labute approximate surface area is 692 Å². The van der Waals surface area contributed by atoms with Crippen molar-refractivity contribution in [1.29, 1.82) is 0 Å². The van der Waals surface area contributed by atoms with E-state index in [2.05, 4.69) is 163 Å². The first-order chi connectivity index (χ1) is 59.3. The molecule has 19 heteroatoms. The molecule has 16 nitrogen and oxygen atoms in total. The lowest BCUT2D eigenvalue weighted by Gasteiger charge is -2.12. The van der Waals surface area contributed by atoms with Crippen LogP contribution in [0.1, 0.15) is 0 Å². The summed E-state index contributed by atoms with van der Waals surface area (Å²) in [5.74, 6) is 4.30. The summed E-state index contributed by atoms with van der Waals surface area (Å²) in [6, 6.07) is 128. The van der Waals surface area contributed by atoms with Crippen molar-refractivity contribution >= 4 is 88.5 Å². The Morgan fingerprint density at radius 2 is 0.483 bits per heavy atom. The minimum Gasteiger partial charge on any atom is -0.537 e. The van der Waals surface area contributed by atoms with Gasteiger partial charge in [-0.25, -0.2) is 24.9 Å². The number of nitrogens with zero attached hydrogens (tertiary/aromatic N) is 10. The summed E-state index contributed by atoms with van der Waals surface area (Å²) < 4.78 is 22.4. The average Bonchev–Trinajstić information content (AvgIpc) is 1.60. The van der Waals surface area contributed by atoms with Crippen LogP contribution in [0.25, 0.3) is 184 Å². The quantitative estimate of drug-likeness (QED) is 0.0688. The molecule has 0 amide bonds. The Morgan fingerprint density at radius 3 is 0.817 bits per heavy atom. The zero-order chi connectivity index (χ0) is 80.7. The number of pyridine rings is 2. The van der Waals surface area contributed by atoms with E-state index in [0.717, 1.165) is 161 Å². The lowest BCUT2D eigenvalue weighted by molar-refractivity contribution is 0.453. The van der Waals surface area contributed by atoms with Crippen LogP contribution in [0.4, 0.5) is 0 Å². The second-order valence-corrected chi connectivity index (χ2v) is 28.4. The third-order valence-corrected chi connectivity index (χ3v) is 21.1. The van der Waals surface area contributed by atoms with E-state index in [1.165, 1.54) is 0 Å². The lowest BCUT2D eigenvalue weighted by atomic mass is 9.96. The fourth-order valence-electron chi connectivity index (χ4n) is 15.6. The molecule has 3 N–H and O–H groups in total. The molecule has 0 saturated heterocycles. The van der Waals surface area contributed by atoms with Crippen molar-refractivity contribution in [1.82, 2.24) is 48.6 Å². The van der Waals surface area contributed by atoms with Crippen molar-refractivity contribution in [3.05, 3.63) is 395 Å². The van der Waals surface area contributed by atoms with Crippen LogP contribution in [0.5, 0.6) is 17.2 Å². The van der Waals surface area contributed by atoms with Gasteiger partial charge in [-0.1, -0.05) is 200 Å². The summed E-state index contributed by atoms with van der Waals surface area (Å²) in [6.45, 7) is 0. The van der Waals surface area contributed by atoms with Gasteiger partial charge in [0.05, 0.1) is 55.9 Å². The van der Waals surface area contributed by atoms with Gasteiger partial charge in [0.25, 0.3) is 0 Å². The van der Waals surface area contributed by atoms with Gasteiger partial charge in [-0.3, -0.25) is 9.97 Å². The van der Waals surface area contributed by atoms with E-state index in [1.54, 1.807) is 0 Å². The molecule has 7 aromatic heterocycles. The highest BCUT2D eigenvalue weighted by Crippen LogP contribution is 2.41. The Hall–Kier alpha value is -15.7. The predicted molar refractivity (Wildman–Crippen MR) is 482 cm³/mol. The number of benzene rings is 14. The van der Waals surface area contributed by atoms with Gasteiger partial charge in [-0.05, 0) is 193 Å². The monoisotopic (exact) mass is 1550 g/mol. The highest BCUT2D eigenvalue weighted by Gasteiger charge is 2.21. The zero-order valence-electron chi connectivity index (χ0n) is 64.3. The number of hydrogen-bond acceptors (Lipinski definition) is 13. The summed E-state index contributed by atoms with van der Waals surface area (Å²) in [7, 11) is 2.12. The van der Waals surface area contributed by atoms with E-state index in [1.807, 2.05) is 255 Å². The van der Waals surface area contributed by atoms with E-state index in [4.69, 9.17) is 54.0 Å². The van der Waals surface area contributed by atoms with Crippen LogP contribution >= 0.6 is 0 Å². The predicted octanol–water partition coefficient (Wildman–Crippen LogP) is 21.8. The molecule has 21 rings (SSSR count). The first kappa shape index (κ1) is 74.5. The second kappa shape index (κ2) is 33.7. The molecule has 0 atom stereocenters. The first-order valence-corrected chi connectivity index (χ1v) is 39.0. The summed E-state index contributed by atoms with van der Waals surface area (Å²) >= 11 is 0. The van der Waals surface area contributed by atoms with Gasteiger partial charge in [-0.2, -0.15) is 0 Å². The van der Waals surface area contributed by atoms with Gasteiger partial charge in [0.2, 0.25) is 0 Å². The Kier molecular flexibility index (Phi) is 20.9. The maximum absolute atomic E-state index is 9.11. The van der Waals surface area contributed by atoms with Crippen molar-refractivity contribution in [2.24, 2.45) is 0 Å². The highest BCUT2D eigenvalue weighted by molar-refractivity contribution is 6.19. The second-order valence-electron chi connectivity index (χ2n) is 28.4. The maximum Gasteiger partial charge on any atom is 0.569 e. The molecule has 7 heterocycles. The number of hydrogen-bond donors (Lipinski definition) is 3. The fraction of sp³-hybridized carbons (Fsp3) is 0.